The lowest BCUT2D eigenvalue weighted by atomic mass is 9.79. The second-order valence-electron chi connectivity index (χ2n) is 16.2. The molecule has 0 aliphatic carbocycles. The lowest BCUT2D eigenvalue weighted by Crippen LogP contribution is -2.58. The molecule has 1 aromatic carbocycles. The first-order valence-electron chi connectivity index (χ1n) is 16.4. The summed E-state index contributed by atoms with van der Waals surface area (Å²) in [4.78, 5) is 0. The van der Waals surface area contributed by atoms with Crippen molar-refractivity contribution < 1.29 is 37.4 Å². The summed E-state index contributed by atoms with van der Waals surface area (Å²) in [5, 5.41) is 10.5. The largest absolute Gasteiger partial charge is 0.636 e. The van der Waals surface area contributed by atoms with Crippen LogP contribution in [0.1, 0.15) is 61.0 Å². The predicted molar refractivity (Wildman–Crippen MR) is 186 cm³/mol. The summed E-state index contributed by atoms with van der Waals surface area (Å²) in [7, 11) is -4.10. The van der Waals surface area contributed by atoms with Gasteiger partial charge in [-0.2, -0.15) is 0 Å². The van der Waals surface area contributed by atoms with Crippen LogP contribution in [0.25, 0.3) is 0 Å². The van der Waals surface area contributed by atoms with Crippen LogP contribution in [0.2, 0.25) is 36.3 Å². The van der Waals surface area contributed by atoms with Crippen LogP contribution in [-0.4, -0.2) is 79.8 Å². The van der Waals surface area contributed by atoms with Gasteiger partial charge in [0.15, 0.2) is 16.6 Å². The van der Waals surface area contributed by atoms with Crippen molar-refractivity contribution in [1.82, 2.24) is 0 Å². The molecule has 11 heteroatoms. The number of hydrogen-bond donors (Lipinski definition) is 1. The molecule has 2 fully saturated rings. The Kier molecular flexibility index (Phi) is 12.5. The zero-order valence-electron chi connectivity index (χ0n) is 30.3. The van der Waals surface area contributed by atoms with Crippen LogP contribution in [0.15, 0.2) is 36.9 Å². The van der Waals surface area contributed by atoms with Crippen molar-refractivity contribution in [2.45, 2.75) is 122 Å². The molecular weight excluding hydrogens is 603 g/mol. The Balaban J connectivity index is 1.92. The molecule has 2 aliphatic heterocycles. The lowest BCUT2D eigenvalue weighted by Gasteiger charge is -2.47. The number of rotatable bonds is 15. The third-order valence-electron chi connectivity index (χ3n) is 10.7. The Morgan fingerprint density at radius 1 is 1.04 bits per heavy atom. The van der Waals surface area contributed by atoms with E-state index in [9.17, 15) is 5.02 Å². The molecule has 1 unspecified atom stereocenters. The van der Waals surface area contributed by atoms with Crippen molar-refractivity contribution >= 4 is 24.0 Å². The highest BCUT2D eigenvalue weighted by Gasteiger charge is 2.65. The maximum absolute atomic E-state index is 10.5. The summed E-state index contributed by atoms with van der Waals surface area (Å²) >= 11 is 0. The second-order valence-corrected chi connectivity index (χ2v) is 25.8. The van der Waals surface area contributed by atoms with Crippen LogP contribution in [-0.2, 0) is 34.2 Å². The molecule has 0 bridgehead atoms. The van der Waals surface area contributed by atoms with Gasteiger partial charge in [-0.15, -0.1) is 6.58 Å². The highest BCUT2D eigenvalue weighted by Crippen LogP contribution is 2.52. The normalized spacial score (nSPS) is 26.7. The van der Waals surface area contributed by atoms with Gasteiger partial charge in [0.2, 0.25) is 0 Å². The first kappa shape index (κ1) is 38.4. The fourth-order valence-electron chi connectivity index (χ4n) is 5.50. The molecule has 0 saturated carbocycles. The zero-order valence-corrected chi connectivity index (χ0v) is 32.3. The van der Waals surface area contributed by atoms with Crippen molar-refractivity contribution in [1.29, 1.82) is 0 Å². The predicted octanol–water partition coefficient (Wildman–Crippen LogP) is 7.23. The molecule has 2 aliphatic rings. The second kappa shape index (κ2) is 14.6. The lowest BCUT2D eigenvalue weighted by molar-refractivity contribution is -0.0881. The van der Waals surface area contributed by atoms with Crippen LogP contribution < -0.4 is 4.74 Å². The van der Waals surface area contributed by atoms with E-state index in [0.717, 1.165) is 11.3 Å². The first-order chi connectivity index (χ1) is 20.7. The summed E-state index contributed by atoms with van der Waals surface area (Å²) in [6, 6.07) is 7.94. The minimum atomic E-state index is -2.31. The number of hydrogen-bond acceptors (Lipinski definition) is 8. The van der Waals surface area contributed by atoms with Crippen LogP contribution in [0, 0.1) is 17.8 Å². The van der Waals surface area contributed by atoms with Crippen LogP contribution in [0.3, 0.4) is 0 Å². The third-order valence-corrected chi connectivity index (χ3v) is 19.6. The van der Waals surface area contributed by atoms with Gasteiger partial charge < -0.3 is 37.4 Å². The molecule has 3 rings (SSSR count). The zero-order chi connectivity index (χ0) is 34.0. The maximum Gasteiger partial charge on any atom is 0.636 e. The molecule has 0 spiro atoms. The summed E-state index contributed by atoms with van der Waals surface area (Å²) in [6.07, 6.45) is 1.01. The van der Waals surface area contributed by atoms with Crippen LogP contribution in [0.4, 0.5) is 0 Å². The Labute approximate surface area is 275 Å². The molecule has 1 aromatic rings. The Hall–Kier alpha value is -1.02. The molecule has 0 aromatic heterocycles. The van der Waals surface area contributed by atoms with Gasteiger partial charge in [-0.1, -0.05) is 66.7 Å². The van der Waals surface area contributed by atoms with Crippen molar-refractivity contribution in [2.75, 3.05) is 26.9 Å². The van der Waals surface area contributed by atoms with E-state index in [1.165, 1.54) is 0 Å². The SMILES string of the molecule is C=C[C@H]1COB(O)O[C@H]1[C@H](CO[Si](C)(C)C(C)(C)C)[C@H](O[Si](C)(C)C(C)(C)C)C1(C)O[C@@H]1[C@@H](C)COCc1ccc(OC)cc1. The minimum absolute atomic E-state index is 0.0273. The molecule has 0 radical (unpaired) electrons. The van der Waals surface area contributed by atoms with E-state index in [1.54, 1.807) is 7.11 Å². The Bertz CT molecular complexity index is 1100. The molecule has 2 heterocycles. The molecule has 8 nitrogen and oxygen atoms in total. The fourth-order valence-corrected chi connectivity index (χ4v) is 7.94. The van der Waals surface area contributed by atoms with Gasteiger partial charge in [0.25, 0.3) is 0 Å². The van der Waals surface area contributed by atoms with Crippen molar-refractivity contribution in [3.8, 4) is 5.75 Å². The van der Waals surface area contributed by atoms with E-state index in [0.29, 0.717) is 26.4 Å². The van der Waals surface area contributed by atoms with E-state index < -0.39 is 35.7 Å². The number of epoxide rings is 1. The van der Waals surface area contributed by atoms with Gasteiger partial charge >= 0.3 is 7.32 Å². The van der Waals surface area contributed by atoms with E-state index in [2.05, 4.69) is 88.2 Å². The van der Waals surface area contributed by atoms with Crippen molar-refractivity contribution in [3.63, 3.8) is 0 Å². The molecular formula is C34H61BO8Si2. The van der Waals surface area contributed by atoms with Gasteiger partial charge in [0.1, 0.15) is 11.4 Å². The number of methoxy groups -OCH3 is 1. The van der Waals surface area contributed by atoms with Crippen molar-refractivity contribution in [3.05, 3.63) is 42.5 Å². The summed E-state index contributed by atoms with van der Waals surface area (Å²) < 4.78 is 44.1. The average molecular weight is 665 g/mol. The van der Waals surface area contributed by atoms with Gasteiger partial charge in [0, 0.05) is 31.0 Å². The molecule has 45 heavy (non-hydrogen) atoms. The van der Waals surface area contributed by atoms with Crippen molar-refractivity contribution in [2.24, 2.45) is 17.8 Å². The molecule has 256 valence electrons. The standard InChI is InChI=1S/C34H61BO8Si2/c1-15-26-22-39-35(36)42-29(26)28(23-40-44(11,12)32(3,4)5)31(43-45(13,14)33(6,7)8)34(9)30(41-34)24(2)20-38-21-25-16-18-27(37-10)19-17-25/h15-19,24,26,28-31,36H,1,20-23H2,2-14H3/t24-,26-,28-,29+,30+,31-,34?/m0/s1. The molecule has 0 amide bonds. The fraction of sp³-hybridized carbons (Fsp3) is 0.765. The van der Waals surface area contributed by atoms with Crippen LogP contribution >= 0.6 is 0 Å². The monoisotopic (exact) mass is 664 g/mol. The smallest absolute Gasteiger partial charge is 0.497 e. The highest BCUT2D eigenvalue weighted by molar-refractivity contribution is 6.74. The number of ether oxygens (including phenoxy) is 3. The first-order valence-corrected chi connectivity index (χ1v) is 22.3. The summed E-state index contributed by atoms with van der Waals surface area (Å²) in [5.41, 5.74) is 0.494. The topological polar surface area (TPSA) is 88.1 Å². The minimum Gasteiger partial charge on any atom is -0.497 e. The van der Waals surface area contributed by atoms with E-state index >= 15 is 0 Å². The highest BCUT2D eigenvalue weighted by atomic mass is 28.4. The molecule has 1 N–H and O–H groups in total. The van der Waals surface area contributed by atoms with Gasteiger partial charge in [-0.25, -0.2) is 0 Å². The van der Waals surface area contributed by atoms with E-state index in [-0.39, 0.29) is 40.0 Å². The third kappa shape index (κ3) is 9.32. The summed E-state index contributed by atoms with van der Waals surface area (Å²) in [6.45, 7) is 32.8. The summed E-state index contributed by atoms with van der Waals surface area (Å²) in [5.74, 6) is 0.571. The quantitative estimate of drug-likeness (QED) is 0.119. The molecule has 7 atom stereocenters. The van der Waals surface area contributed by atoms with E-state index in [4.69, 9.17) is 32.4 Å². The van der Waals surface area contributed by atoms with E-state index in [1.807, 2.05) is 30.3 Å². The van der Waals surface area contributed by atoms with Gasteiger partial charge in [-0.05, 0) is 60.9 Å². The average Bonchev–Trinajstić information content (AvgIpc) is 3.64. The van der Waals surface area contributed by atoms with Crippen LogP contribution in [0.5, 0.6) is 5.75 Å². The molecule has 2 saturated heterocycles. The number of benzene rings is 1. The van der Waals surface area contributed by atoms with Gasteiger partial charge in [-0.3, -0.25) is 0 Å². The maximum atomic E-state index is 10.5. The Morgan fingerprint density at radius 2 is 1.64 bits per heavy atom. The Morgan fingerprint density at radius 3 is 2.18 bits per heavy atom. The van der Waals surface area contributed by atoms with Gasteiger partial charge in [0.05, 0.1) is 38.6 Å².